The van der Waals surface area contributed by atoms with Crippen LogP contribution in [0, 0.1) is 0 Å². The number of carboxylic acid groups (broad SMARTS) is 1. The van der Waals surface area contributed by atoms with E-state index in [1.807, 2.05) is 0 Å². The summed E-state index contributed by atoms with van der Waals surface area (Å²) in [5.74, 6) is -0.938. The summed E-state index contributed by atoms with van der Waals surface area (Å²) in [5, 5.41) is 10.5. The number of pyridine rings is 1. The number of thioether (sulfide) groups is 1. The quantitative estimate of drug-likeness (QED) is 0.848. The van der Waals surface area contributed by atoms with Crippen molar-refractivity contribution in [2.75, 3.05) is 0 Å². The van der Waals surface area contributed by atoms with E-state index < -0.39 is 5.97 Å². The molecule has 0 radical (unpaired) electrons. The molecule has 0 unspecified atom stereocenters. The molecule has 0 amide bonds. The zero-order chi connectivity index (χ0) is 12.3. The van der Waals surface area contributed by atoms with Crippen LogP contribution in [0.3, 0.4) is 0 Å². The number of carbonyl (C=O) groups is 1. The fourth-order valence-electron chi connectivity index (χ4n) is 2.01. The van der Waals surface area contributed by atoms with Crippen molar-refractivity contribution in [2.45, 2.75) is 42.4 Å². The number of hydrogen-bond acceptors (Lipinski definition) is 3. The first kappa shape index (κ1) is 12.7. The summed E-state index contributed by atoms with van der Waals surface area (Å²) in [7, 11) is 0. The average molecular weight is 272 g/mol. The van der Waals surface area contributed by atoms with Crippen LogP contribution in [-0.4, -0.2) is 21.3 Å². The average Bonchev–Trinajstić information content (AvgIpc) is 2.30. The highest BCUT2D eigenvalue weighted by molar-refractivity contribution is 7.99. The van der Waals surface area contributed by atoms with Gasteiger partial charge in [-0.1, -0.05) is 30.9 Å². The van der Waals surface area contributed by atoms with Crippen LogP contribution in [0.4, 0.5) is 0 Å². The Hall–Kier alpha value is -0.740. The predicted molar refractivity (Wildman–Crippen MR) is 68.9 cm³/mol. The third kappa shape index (κ3) is 3.36. The Morgan fingerprint density at radius 2 is 2.06 bits per heavy atom. The molecule has 3 nitrogen and oxygen atoms in total. The molecule has 1 N–H and O–H groups in total. The van der Waals surface area contributed by atoms with Crippen molar-refractivity contribution >= 4 is 29.3 Å². The van der Waals surface area contributed by atoms with E-state index in [2.05, 4.69) is 4.98 Å². The minimum absolute atomic E-state index is 0.255. The van der Waals surface area contributed by atoms with Crippen LogP contribution in [0.15, 0.2) is 17.2 Å². The van der Waals surface area contributed by atoms with Crippen molar-refractivity contribution in [2.24, 2.45) is 0 Å². The van der Waals surface area contributed by atoms with Gasteiger partial charge in [-0.05, 0) is 25.0 Å². The van der Waals surface area contributed by atoms with Crippen molar-refractivity contribution in [1.29, 1.82) is 0 Å². The lowest BCUT2D eigenvalue weighted by atomic mass is 10.0. The lowest BCUT2D eigenvalue weighted by Crippen LogP contribution is -2.10. The number of aromatic carboxylic acids is 1. The molecule has 5 heteroatoms. The fraction of sp³-hybridized carbons (Fsp3) is 0.500. The second-order valence-corrected chi connectivity index (χ2v) is 5.85. The molecular weight excluding hydrogens is 258 g/mol. The highest BCUT2D eigenvalue weighted by Crippen LogP contribution is 2.34. The van der Waals surface area contributed by atoms with E-state index >= 15 is 0 Å². The third-order valence-electron chi connectivity index (χ3n) is 2.89. The number of nitrogens with zero attached hydrogens (tertiary/aromatic N) is 1. The monoisotopic (exact) mass is 271 g/mol. The summed E-state index contributed by atoms with van der Waals surface area (Å²) < 4.78 is 0. The predicted octanol–water partition coefficient (Wildman–Crippen LogP) is 3.86. The van der Waals surface area contributed by atoms with Crippen LogP contribution in [0.1, 0.15) is 42.5 Å². The molecule has 0 saturated heterocycles. The van der Waals surface area contributed by atoms with Gasteiger partial charge in [0.15, 0.2) is 0 Å². The van der Waals surface area contributed by atoms with Gasteiger partial charge in [0, 0.05) is 5.25 Å². The first-order valence-electron chi connectivity index (χ1n) is 5.73. The lowest BCUT2D eigenvalue weighted by Gasteiger charge is -2.21. The summed E-state index contributed by atoms with van der Waals surface area (Å²) >= 11 is 7.38. The zero-order valence-electron chi connectivity index (χ0n) is 9.36. The van der Waals surface area contributed by atoms with Gasteiger partial charge >= 0.3 is 5.97 Å². The first-order chi connectivity index (χ1) is 8.16. The minimum Gasteiger partial charge on any atom is -0.478 e. The van der Waals surface area contributed by atoms with E-state index in [0.717, 1.165) is 12.8 Å². The van der Waals surface area contributed by atoms with Crippen molar-refractivity contribution in [3.8, 4) is 0 Å². The smallest absolute Gasteiger partial charge is 0.338 e. The molecule has 1 aromatic heterocycles. The lowest BCUT2D eigenvalue weighted by molar-refractivity contribution is 0.0692. The van der Waals surface area contributed by atoms with Gasteiger partial charge < -0.3 is 5.11 Å². The van der Waals surface area contributed by atoms with Gasteiger partial charge in [0.1, 0.15) is 10.2 Å². The van der Waals surface area contributed by atoms with Crippen molar-refractivity contribution in [3.05, 3.63) is 22.8 Å². The molecule has 2 rings (SSSR count). The maximum absolute atomic E-state index is 11.1. The molecule has 1 aromatic rings. The Morgan fingerprint density at radius 3 is 2.71 bits per heavy atom. The van der Waals surface area contributed by atoms with Crippen LogP contribution < -0.4 is 0 Å². The van der Waals surface area contributed by atoms with E-state index in [4.69, 9.17) is 16.7 Å². The van der Waals surface area contributed by atoms with Crippen molar-refractivity contribution in [1.82, 2.24) is 4.98 Å². The molecule has 0 aliphatic heterocycles. The zero-order valence-corrected chi connectivity index (χ0v) is 10.9. The molecule has 17 heavy (non-hydrogen) atoms. The largest absolute Gasteiger partial charge is 0.478 e. The van der Waals surface area contributed by atoms with E-state index in [-0.39, 0.29) is 5.56 Å². The summed E-state index contributed by atoms with van der Waals surface area (Å²) in [6.07, 6.45) is 6.00. The Bertz CT molecular complexity index is 419. The minimum atomic E-state index is -0.938. The van der Waals surface area contributed by atoms with E-state index in [9.17, 15) is 4.79 Å². The SMILES string of the molecule is O=C(O)c1ccc(Cl)nc1SC1CCCCC1. The Kier molecular flexibility index (Phi) is 4.29. The number of carboxylic acids is 1. The van der Waals surface area contributed by atoms with Gasteiger partial charge in [-0.2, -0.15) is 0 Å². The summed E-state index contributed by atoms with van der Waals surface area (Å²) in [6, 6.07) is 3.05. The van der Waals surface area contributed by atoms with Crippen LogP contribution in [-0.2, 0) is 0 Å². The highest BCUT2D eigenvalue weighted by atomic mass is 35.5. The maximum Gasteiger partial charge on any atom is 0.338 e. The Labute approximate surface area is 110 Å². The molecule has 1 aliphatic carbocycles. The van der Waals surface area contributed by atoms with Crippen LogP contribution in [0.2, 0.25) is 5.15 Å². The summed E-state index contributed by atoms with van der Waals surface area (Å²) in [6.45, 7) is 0. The molecule has 0 spiro atoms. The molecule has 0 aromatic carbocycles. The topological polar surface area (TPSA) is 50.2 Å². The second-order valence-electron chi connectivity index (χ2n) is 4.17. The number of halogens is 1. The molecular formula is C12H14ClNO2S. The number of aromatic nitrogens is 1. The normalized spacial score (nSPS) is 17.0. The van der Waals surface area contributed by atoms with E-state index in [0.29, 0.717) is 15.4 Å². The van der Waals surface area contributed by atoms with Gasteiger partial charge in [0.05, 0.1) is 5.56 Å². The fourth-order valence-corrected chi connectivity index (χ4v) is 3.53. The third-order valence-corrected chi connectivity index (χ3v) is 4.44. The van der Waals surface area contributed by atoms with Crippen LogP contribution in [0.5, 0.6) is 0 Å². The molecule has 92 valence electrons. The Morgan fingerprint density at radius 1 is 1.35 bits per heavy atom. The molecule has 1 aliphatic rings. The molecule has 0 bridgehead atoms. The number of rotatable bonds is 3. The molecule has 1 saturated carbocycles. The van der Waals surface area contributed by atoms with Gasteiger partial charge in [-0.3, -0.25) is 0 Å². The van der Waals surface area contributed by atoms with Crippen LogP contribution in [0.25, 0.3) is 0 Å². The maximum atomic E-state index is 11.1. The second kappa shape index (κ2) is 5.74. The molecule has 0 atom stereocenters. The van der Waals surface area contributed by atoms with Gasteiger partial charge in [0.2, 0.25) is 0 Å². The number of hydrogen-bond donors (Lipinski definition) is 1. The van der Waals surface area contributed by atoms with Crippen molar-refractivity contribution < 1.29 is 9.90 Å². The summed E-state index contributed by atoms with van der Waals surface area (Å²) in [5.41, 5.74) is 0.255. The van der Waals surface area contributed by atoms with E-state index in [1.54, 1.807) is 11.8 Å². The molecule has 1 heterocycles. The Balaban J connectivity index is 2.17. The van der Waals surface area contributed by atoms with Gasteiger partial charge in [0.25, 0.3) is 0 Å². The van der Waals surface area contributed by atoms with Crippen molar-refractivity contribution in [3.63, 3.8) is 0 Å². The van der Waals surface area contributed by atoms with E-state index in [1.165, 1.54) is 31.4 Å². The van der Waals surface area contributed by atoms with Gasteiger partial charge in [-0.25, -0.2) is 9.78 Å². The summed E-state index contributed by atoms with van der Waals surface area (Å²) in [4.78, 5) is 15.2. The standard InChI is InChI=1S/C12H14ClNO2S/c13-10-7-6-9(12(15)16)11(14-10)17-8-4-2-1-3-5-8/h6-8H,1-5H2,(H,15,16). The van der Waals surface area contributed by atoms with Crippen LogP contribution >= 0.6 is 23.4 Å². The van der Waals surface area contributed by atoms with Gasteiger partial charge in [-0.15, -0.1) is 11.8 Å². The first-order valence-corrected chi connectivity index (χ1v) is 6.99. The highest BCUT2D eigenvalue weighted by Gasteiger charge is 2.19. The molecule has 1 fully saturated rings.